The van der Waals surface area contributed by atoms with Crippen molar-refractivity contribution in [2.75, 3.05) is 0 Å². The van der Waals surface area contributed by atoms with Crippen molar-refractivity contribution in [3.63, 3.8) is 0 Å². The Morgan fingerprint density at radius 1 is 1.12 bits per heavy atom. The first-order valence-corrected chi connectivity index (χ1v) is 9.59. The van der Waals surface area contributed by atoms with Crippen LogP contribution in [0.25, 0.3) is 5.69 Å². The molecule has 0 saturated heterocycles. The summed E-state index contributed by atoms with van der Waals surface area (Å²) in [5.41, 5.74) is 3.23. The molecule has 0 saturated carbocycles. The Labute approximate surface area is 157 Å². The maximum absolute atomic E-state index is 12.4. The van der Waals surface area contributed by atoms with Crippen LogP contribution >= 0.6 is 11.8 Å². The van der Waals surface area contributed by atoms with Gasteiger partial charge in [-0.25, -0.2) is 9.67 Å². The minimum Gasteiger partial charge on any atom is -0.349 e. The van der Waals surface area contributed by atoms with Crippen molar-refractivity contribution in [2.24, 2.45) is 0 Å². The number of nitrogens with zero attached hydrogens (tertiary/aromatic N) is 3. The van der Waals surface area contributed by atoms with Crippen LogP contribution in [0.4, 0.5) is 0 Å². The fourth-order valence-electron chi connectivity index (χ4n) is 2.54. The molecule has 2 aromatic carbocycles. The number of rotatable bonds is 7. The number of hydrogen-bond donors (Lipinski definition) is 1. The van der Waals surface area contributed by atoms with Gasteiger partial charge in [-0.15, -0.1) is 11.8 Å². The average Bonchev–Trinajstić information content (AvgIpc) is 3.21. The van der Waals surface area contributed by atoms with E-state index in [0.29, 0.717) is 0 Å². The smallest absolute Gasteiger partial charge is 0.233 e. The number of benzene rings is 2. The first-order chi connectivity index (χ1) is 12.6. The topological polar surface area (TPSA) is 59.8 Å². The fraction of sp³-hybridized carbons (Fsp3) is 0.250. The maximum Gasteiger partial charge on any atom is 0.233 e. The van der Waals surface area contributed by atoms with Gasteiger partial charge in [0.1, 0.15) is 12.7 Å². The number of nitrogens with one attached hydrogen (secondary N) is 1. The predicted molar refractivity (Wildman–Crippen MR) is 105 cm³/mol. The van der Waals surface area contributed by atoms with Crippen LogP contribution in [0.3, 0.4) is 0 Å². The molecule has 0 bridgehead atoms. The summed E-state index contributed by atoms with van der Waals surface area (Å²) < 4.78 is 1.70. The van der Waals surface area contributed by atoms with Crippen molar-refractivity contribution >= 4 is 17.7 Å². The SMILES string of the molecule is CC(SCc1ccccc1)C(=O)NC(C)c1ccc(-n2cncn2)cc1. The van der Waals surface area contributed by atoms with Gasteiger partial charge in [0.15, 0.2) is 0 Å². The molecule has 1 aromatic heterocycles. The molecule has 134 valence electrons. The van der Waals surface area contributed by atoms with E-state index in [9.17, 15) is 4.79 Å². The van der Waals surface area contributed by atoms with Gasteiger partial charge in [0.25, 0.3) is 0 Å². The normalized spacial score (nSPS) is 13.2. The second-order valence-electron chi connectivity index (χ2n) is 6.10. The van der Waals surface area contributed by atoms with Crippen LogP contribution in [-0.2, 0) is 10.5 Å². The molecule has 0 aliphatic rings. The highest BCUT2D eigenvalue weighted by atomic mass is 32.2. The van der Waals surface area contributed by atoms with Crippen LogP contribution in [0.5, 0.6) is 0 Å². The lowest BCUT2D eigenvalue weighted by molar-refractivity contribution is -0.120. The highest BCUT2D eigenvalue weighted by Gasteiger charge is 2.16. The Balaban J connectivity index is 1.53. The summed E-state index contributed by atoms with van der Waals surface area (Å²) >= 11 is 1.64. The van der Waals surface area contributed by atoms with E-state index >= 15 is 0 Å². The molecule has 0 radical (unpaired) electrons. The van der Waals surface area contributed by atoms with Gasteiger partial charge in [-0.2, -0.15) is 5.10 Å². The van der Waals surface area contributed by atoms with Gasteiger partial charge in [-0.05, 0) is 37.1 Å². The van der Waals surface area contributed by atoms with Crippen LogP contribution in [0, 0.1) is 0 Å². The molecule has 0 fully saturated rings. The minimum atomic E-state index is -0.105. The van der Waals surface area contributed by atoms with Crippen molar-refractivity contribution in [3.05, 3.63) is 78.4 Å². The highest BCUT2D eigenvalue weighted by Crippen LogP contribution is 2.20. The largest absolute Gasteiger partial charge is 0.349 e. The number of carbonyl (C=O) groups excluding carboxylic acids is 1. The summed E-state index contributed by atoms with van der Waals surface area (Å²) in [6, 6.07) is 18.1. The van der Waals surface area contributed by atoms with Crippen LogP contribution in [0.15, 0.2) is 67.3 Å². The monoisotopic (exact) mass is 366 g/mol. The molecule has 0 aliphatic carbocycles. The fourth-order valence-corrected chi connectivity index (χ4v) is 3.40. The van der Waals surface area contributed by atoms with Crippen LogP contribution < -0.4 is 5.32 Å². The molecule has 1 heterocycles. The number of carbonyl (C=O) groups is 1. The Morgan fingerprint density at radius 2 is 1.85 bits per heavy atom. The van der Waals surface area contributed by atoms with Gasteiger partial charge in [0.2, 0.25) is 5.91 Å². The molecular formula is C20H22N4OS. The van der Waals surface area contributed by atoms with Gasteiger partial charge in [0.05, 0.1) is 17.0 Å². The molecule has 3 rings (SSSR count). The van der Waals surface area contributed by atoms with Crippen molar-refractivity contribution in [3.8, 4) is 5.69 Å². The van der Waals surface area contributed by atoms with E-state index in [2.05, 4.69) is 27.5 Å². The summed E-state index contributed by atoms with van der Waals surface area (Å²) in [6.07, 6.45) is 3.16. The van der Waals surface area contributed by atoms with E-state index in [1.807, 2.05) is 56.3 Å². The number of hydrogen-bond acceptors (Lipinski definition) is 4. The highest BCUT2D eigenvalue weighted by molar-refractivity contribution is 7.99. The van der Waals surface area contributed by atoms with Crippen molar-refractivity contribution in [2.45, 2.75) is 30.9 Å². The third-order valence-electron chi connectivity index (χ3n) is 4.15. The Morgan fingerprint density at radius 3 is 2.50 bits per heavy atom. The number of aromatic nitrogens is 3. The van der Waals surface area contributed by atoms with Crippen molar-refractivity contribution < 1.29 is 4.79 Å². The quantitative estimate of drug-likeness (QED) is 0.691. The molecule has 3 aromatic rings. The molecule has 0 aliphatic heterocycles. The van der Waals surface area contributed by atoms with E-state index in [1.165, 1.54) is 11.9 Å². The van der Waals surface area contributed by atoms with Crippen LogP contribution in [-0.4, -0.2) is 25.9 Å². The summed E-state index contributed by atoms with van der Waals surface area (Å²) in [5, 5.41) is 7.10. The predicted octanol–water partition coefficient (Wildman–Crippen LogP) is 3.77. The summed E-state index contributed by atoms with van der Waals surface area (Å²) in [6.45, 7) is 3.94. The second-order valence-corrected chi connectivity index (χ2v) is 7.43. The molecule has 6 heteroatoms. The molecular weight excluding hydrogens is 344 g/mol. The molecule has 1 N–H and O–H groups in total. The van der Waals surface area contributed by atoms with Gasteiger partial charge >= 0.3 is 0 Å². The zero-order valence-corrected chi connectivity index (χ0v) is 15.7. The summed E-state index contributed by atoms with van der Waals surface area (Å²) in [7, 11) is 0. The van der Waals surface area contributed by atoms with E-state index in [1.54, 1.807) is 22.8 Å². The Kier molecular flexibility index (Phi) is 6.07. The van der Waals surface area contributed by atoms with E-state index in [0.717, 1.165) is 17.0 Å². The molecule has 0 spiro atoms. The van der Waals surface area contributed by atoms with Gasteiger partial charge < -0.3 is 5.32 Å². The Hall–Kier alpha value is -2.60. The lowest BCUT2D eigenvalue weighted by atomic mass is 10.1. The zero-order valence-electron chi connectivity index (χ0n) is 14.9. The van der Waals surface area contributed by atoms with Gasteiger partial charge in [-0.3, -0.25) is 4.79 Å². The Bertz CT molecular complexity index is 819. The third-order valence-corrected chi connectivity index (χ3v) is 5.36. The van der Waals surface area contributed by atoms with Crippen LogP contribution in [0.2, 0.25) is 0 Å². The standard InChI is InChI=1S/C20H22N4OS/c1-15(18-8-10-19(11-9-18)24-14-21-13-22-24)23-20(25)16(2)26-12-17-6-4-3-5-7-17/h3-11,13-16H,12H2,1-2H3,(H,23,25). The van der Waals surface area contributed by atoms with Crippen LogP contribution in [0.1, 0.15) is 31.0 Å². The van der Waals surface area contributed by atoms with Gasteiger partial charge in [-0.1, -0.05) is 42.5 Å². The second kappa shape index (κ2) is 8.67. The zero-order chi connectivity index (χ0) is 18.4. The number of amides is 1. The van der Waals surface area contributed by atoms with Crippen molar-refractivity contribution in [1.29, 1.82) is 0 Å². The maximum atomic E-state index is 12.4. The molecule has 2 atom stereocenters. The molecule has 1 amide bonds. The van der Waals surface area contributed by atoms with Gasteiger partial charge in [0, 0.05) is 5.75 Å². The lowest BCUT2D eigenvalue weighted by Gasteiger charge is -2.18. The summed E-state index contributed by atoms with van der Waals surface area (Å²) in [4.78, 5) is 16.4. The molecule has 5 nitrogen and oxygen atoms in total. The first-order valence-electron chi connectivity index (χ1n) is 8.54. The summed E-state index contributed by atoms with van der Waals surface area (Å²) in [5.74, 6) is 0.884. The lowest BCUT2D eigenvalue weighted by Crippen LogP contribution is -2.33. The van der Waals surface area contributed by atoms with E-state index < -0.39 is 0 Å². The minimum absolute atomic E-state index is 0.0490. The first kappa shape index (κ1) is 18.2. The van der Waals surface area contributed by atoms with Crippen molar-refractivity contribution in [1.82, 2.24) is 20.1 Å². The molecule has 26 heavy (non-hydrogen) atoms. The average molecular weight is 366 g/mol. The van der Waals surface area contributed by atoms with E-state index in [4.69, 9.17) is 0 Å². The molecule has 2 unspecified atom stereocenters. The third kappa shape index (κ3) is 4.73. The van der Waals surface area contributed by atoms with E-state index in [-0.39, 0.29) is 17.2 Å². The number of thioether (sulfide) groups is 1.